The van der Waals surface area contributed by atoms with Crippen molar-refractivity contribution in [3.05, 3.63) is 39.8 Å². The van der Waals surface area contributed by atoms with Gasteiger partial charge in [-0.3, -0.25) is 14.7 Å². The second-order valence-electron chi connectivity index (χ2n) is 6.02. The molecule has 0 aliphatic carbocycles. The average molecular weight is 332 g/mol. The Labute approximate surface area is 138 Å². The maximum absolute atomic E-state index is 12.6. The van der Waals surface area contributed by atoms with Gasteiger partial charge in [-0.05, 0) is 6.07 Å². The zero-order valence-corrected chi connectivity index (χ0v) is 13.9. The lowest BCUT2D eigenvalue weighted by Crippen LogP contribution is -2.43. The quantitative estimate of drug-likeness (QED) is 0.863. The molecule has 1 aliphatic rings. The largest absolute Gasteiger partial charge is 0.367 e. The number of aryl methyl sites for hydroxylation is 1. The Morgan fingerprint density at radius 3 is 2.88 bits per heavy atom. The Hall–Kier alpha value is -2.55. The summed E-state index contributed by atoms with van der Waals surface area (Å²) in [5.74, 6) is 1.31. The molecule has 1 atom stereocenters. The minimum absolute atomic E-state index is 0.214. The van der Waals surface area contributed by atoms with Crippen LogP contribution >= 0.6 is 0 Å². The number of nitrogens with one attached hydrogen (secondary N) is 1. The zero-order chi connectivity index (χ0) is 17.3. The summed E-state index contributed by atoms with van der Waals surface area (Å²) in [4.78, 5) is 30.1. The number of carbonyl (C=O) groups excluding carboxylic acids is 1. The van der Waals surface area contributed by atoms with E-state index in [1.165, 1.54) is 19.2 Å². The number of carbonyl (C=O) groups is 1. The van der Waals surface area contributed by atoms with E-state index in [-0.39, 0.29) is 29.2 Å². The average Bonchev–Trinajstić information content (AvgIpc) is 3.07. The topological polar surface area (TPSA) is 106 Å². The number of amides is 1. The highest BCUT2D eigenvalue weighted by atomic mass is 16.5. The van der Waals surface area contributed by atoms with Gasteiger partial charge >= 0.3 is 0 Å². The molecule has 9 nitrogen and oxygen atoms in total. The SMILES string of the molecule is CC(C)c1n[nH]c([C@H]2CN(C(=O)c3ccc(=O)n(C)n3)CCO2)n1. The minimum atomic E-state index is -0.352. The van der Waals surface area contributed by atoms with Crippen molar-refractivity contribution in [3.63, 3.8) is 0 Å². The van der Waals surface area contributed by atoms with E-state index in [1.807, 2.05) is 13.8 Å². The molecular weight excluding hydrogens is 312 g/mol. The molecule has 3 rings (SSSR count). The summed E-state index contributed by atoms with van der Waals surface area (Å²) < 4.78 is 6.86. The van der Waals surface area contributed by atoms with E-state index < -0.39 is 0 Å². The van der Waals surface area contributed by atoms with E-state index in [2.05, 4.69) is 20.3 Å². The Morgan fingerprint density at radius 1 is 1.42 bits per heavy atom. The van der Waals surface area contributed by atoms with Crippen LogP contribution in [0.5, 0.6) is 0 Å². The first kappa shape index (κ1) is 16.3. The molecule has 24 heavy (non-hydrogen) atoms. The van der Waals surface area contributed by atoms with Gasteiger partial charge < -0.3 is 9.64 Å². The third-order valence-corrected chi connectivity index (χ3v) is 3.87. The highest BCUT2D eigenvalue weighted by Crippen LogP contribution is 2.21. The number of hydrogen-bond acceptors (Lipinski definition) is 6. The fourth-order valence-corrected chi connectivity index (χ4v) is 2.47. The first-order valence-electron chi connectivity index (χ1n) is 7.83. The van der Waals surface area contributed by atoms with Crippen LogP contribution in [-0.4, -0.2) is 55.5 Å². The van der Waals surface area contributed by atoms with Crippen LogP contribution in [-0.2, 0) is 11.8 Å². The molecule has 2 aromatic heterocycles. The molecule has 128 valence electrons. The van der Waals surface area contributed by atoms with Crippen molar-refractivity contribution < 1.29 is 9.53 Å². The molecule has 0 unspecified atom stereocenters. The first-order chi connectivity index (χ1) is 11.5. The van der Waals surface area contributed by atoms with Crippen LogP contribution < -0.4 is 5.56 Å². The Bertz CT molecular complexity index is 797. The van der Waals surface area contributed by atoms with E-state index in [1.54, 1.807) is 4.90 Å². The van der Waals surface area contributed by atoms with Crippen LogP contribution in [0.3, 0.4) is 0 Å². The van der Waals surface area contributed by atoms with Gasteiger partial charge in [-0.2, -0.15) is 10.2 Å². The zero-order valence-electron chi connectivity index (χ0n) is 13.9. The fraction of sp³-hybridized carbons (Fsp3) is 0.533. The summed E-state index contributed by atoms with van der Waals surface area (Å²) in [5.41, 5.74) is -0.0209. The number of nitrogens with zero attached hydrogens (tertiary/aromatic N) is 5. The standard InChI is InChI=1S/C15H20N6O3/c1-9(2)13-16-14(18-17-13)11-8-21(6-7-24-11)15(23)10-4-5-12(22)20(3)19-10/h4-5,9,11H,6-8H2,1-3H3,(H,16,17,18)/t11-/m1/s1. The highest BCUT2D eigenvalue weighted by Gasteiger charge is 2.29. The number of hydrogen-bond donors (Lipinski definition) is 1. The molecule has 2 aromatic rings. The lowest BCUT2D eigenvalue weighted by molar-refractivity contribution is -0.0269. The van der Waals surface area contributed by atoms with Crippen LogP contribution in [0.1, 0.15) is 48.0 Å². The van der Waals surface area contributed by atoms with Gasteiger partial charge in [0.15, 0.2) is 11.6 Å². The number of aromatic nitrogens is 5. The van der Waals surface area contributed by atoms with E-state index in [9.17, 15) is 9.59 Å². The van der Waals surface area contributed by atoms with Gasteiger partial charge in [0.05, 0.1) is 13.2 Å². The van der Waals surface area contributed by atoms with Crippen LogP contribution in [0.2, 0.25) is 0 Å². The number of aromatic amines is 1. The molecule has 3 heterocycles. The van der Waals surface area contributed by atoms with Crippen molar-refractivity contribution in [2.24, 2.45) is 7.05 Å². The molecule has 1 fully saturated rings. The summed E-state index contributed by atoms with van der Waals surface area (Å²) in [6.45, 7) is 5.24. The summed E-state index contributed by atoms with van der Waals surface area (Å²) in [6.07, 6.45) is -0.352. The predicted molar refractivity (Wildman–Crippen MR) is 84.5 cm³/mol. The van der Waals surface area contributed by atoms with Gasteiger partial charge in [-0.25, -0.2) is 9.67 Å². The van der Waals surface area contributed by atoms with Crippen LogP contribution in [0.4, 0.5) is 0 Å². The lowest BCUT2D eigenvalue weighted by atomic mass is 10.2. The van der Waals surface area contributed by atoms with E-state index in [4.69, 9.17) is 4.74 Å². The highest BCUT2D eigenvalue weighted by molar-refractivity contribution is 5.92. The molecule has 1 aliphatic heterocycles. The van der Waals surface area contributed by atoms with Gasteiger partial charge in [0.2, 0.25) is 0 Å². The van der Waals surface area contributed by atoms with Crippen molar-refractivity contribution in [2.45, 2.75) is 25.9 Å². The normalized spacial score (nSPS) is 18.2. The second-order valence-corrected chi connectivity index (χ2v) is 6.02. The molecule has 1 amide bonds. The summed E-state index contributed by atoms with van der Waals surface area (Å²) in [5, 5.41) is 11.1. The fourth-order valence-electron chi connectivity index (χ4n) is 2.47. The molecule has 1 saturated heterocycles. The minimum Gasteiger partial charge on any atom is -0.367 e. The van der Waals surface area contributed by atoms with Crippen LogP contribution in [0.15, 0.2) is 16.9 Å². The van der Waals surface area contributed by atoms with Crippen molar-refractivity contribution in [1.82, 2.24) is 29.9 Å². The third kappa shape index (κ3) is 3.21. The van der Waals surface area contributed by atoms with Crippen molar-refractivity contribution in [2.75, 3.05) is 19.7 Å². The van der Waals surface area contributed by atoms with Gasteiger partial charge in [0, 0.05) is 25.6 Å². The van der Waals surface area contributed by atoms with Crippen LogP contribution in [0.25, 0.3) is 0 Å². The molecule has 1 N–H and O–H groups in total. The first-order valence-corrected chi connectivity index (χ1v) is 7.83. The summed E-state index contributed by atoms with van der Waals surface area (Å²) >= 11 is 0. The number of rotatable bonds is 3. The predicted octanol–water partition coefficient (Wildman–Crippen LogP) is 0.235. The molecule has 0 aromatic carbocycles. The monoisotopic (exact) mass is 332 g/mol. The Balaban J connectivity index is 1.75. The molecule has 0 radical (unpaired) electrons. The smallest absolute Gasteiger partial charge is 0.274 e. The molecule has 9 heteroatoms. The molecule has 0 saturated carbocycles. The van der Waals surface area contributed by atoms with Crippen LogP contribution in [0, 0.1) is 0 Å². The van der Waals surface area contributed by atoms with Crippen molar-refractivity contribution in [3.8, 4) is 0 Å². The van der Waals surface area contributed by atoms with Gasteiger partial charge in [0.25, 0.3) is 11.5 Å². The number of morpholine rings is 1. The summed E-state index contributed by atoms with van der Waals surface area (Å²) in [6, 6.07) is 2.78. The molecule has 0 spiro atoms. The number of H-pyrrole nitrogens is 1. The van der Waals surface area contributed by atoms with Gasteiger partial charge in [-0.15, -0.1) is 0 Å². The summed E-state index contributed by atoms with van der Waals surface area (Å²) in [7, 11) is 1.52. The second kappa shape index (κ2) is 6.52. The van der Waals surface area contributed by atoms with Gasteiger partial charge in [0.1, 0.15) is 11.8 Å². The maximum Gasteiger partial charge on any atom is 0.274 e. The van der Waals surface area contributed by atoms with E-state index >= 15 is 0 Å². The Morgan fingerprint density at radius 2 is 2.21 bits per heavy atom. The van der Waals surface area contributed by atoms with Gasteiger partial charge in [-0.1, -0.05) is 13.8 Å². The Kier molecular flexibility index (Phi) is 4.43. The van der Waals surface area contributed by atoms with E-state index in [0.29, 0.717) is 25.5 Å². The lowest BCUT2D eigenvalue weighted by Gasteiger charge is -2.31. The van der Waals surface area contributed by atoms with Crippen molar-refractivity contribution >= 4 is 5.91 Å². The molecular formula is C15H20N6O3. The number of ether oxygens (including phenoxy) is 1. The molecule has 0 bridgehead atoms. The van der Waals surface area contributed by atoms with Crippen molar-refractivity contribution in [1.29, 1.82) is 0 Å². The third-order valence-electron chi connectivity index (χ3n) is 3.87. The maximum atomic E-state index is 12.6. The van der Waals surface area contributed by atoms with E-state index in [0.717, 1.165) is 10.5 Å².